The monoisotopic (exact) mass is 288 g/mol. The SMILES string of the molecule is CC(Nc1ccc(N2CCCC2)c(F)c1)c1nccn1C. The highest BCUT2D eigenvalue weighted by Gasteiger charge is 2.17. The van der Waals surface area contributed by atoms with Crippen molar-refractivity contribution < 1.29 is 4.39 Å². The number of aromatic nitrogens is 2. The largest absolute Gasteiger partial charge is 0.375 e. The average Bonchev–Trinajstić information content (AvgIpc) is 3.10. The van der Waals surface area contributed by atoms with E-state index in [0.29, 0.717) is 5.69 Å². The molecule has 0 aliphatic carbocycles. The second kappa shape index (κ2) is 5.76. The minimum absolute atomic E-state index is 0.0297. The van der Waals surface area contributed by atoms with Crippen molar-refractivity contribution in [2.75, 3.05) is 23.3 Å². The van der Waals surface area contributed by atoms with Crippen LogP contribution in [0.4, 0.5) is 15.8 Å². The van der Waals surface area contributed by atoms with Crippen molar-refractivity contribution >= 4 is 11.4 Å². The molecule has 1 unspecified atom stereocenters. The van der Waals surface area contributed by atoms with Gasteiger partial charge in [-0.25, -0.2) is 9.37 Å². The molecular weight excluding hydrogens is 267 g/mol. The first-order chi connectivity index (χ1) is 10.1. The summed E-state index contributed by atoms with van der Waals surface area (Å²) in [5.41, 5.74) is 1.49. The molecule has 112 valence electrons. The molecule has 0 spiro atoms. The fraction of sp³-hybridized carbons (Fsp3) is 0.438. The Labute approximate surface area is 124 Å². The molecule has 1 N–H and O–H groups in total. The molecule has 3 rings (SSSR count). The van der Waals surface area contributed by atoms with Crippen molar-refractivity contribution in [2.24, 2.45) is 7.05 Å². The lowest BCUT2D eigenvalue weighted by molar-refractivity contribution is 0.622. The van der Waals surface area contributed by atoms with Crippen molar-refractivity contribution in [3.63, 3.8) is 0 Å². The highest BCUT2D eigenvalue weighted by Crippen LogP contribution is 2.27. The molecule has 2 heterocycles. The molecule has 2 aromatic rings. The Morgan fingerprint density at radius 2 is 2.05 bits per heavy atom. The molecule has 1 aromatic carbocycles. The highest BCUT2D eigenvalue weighted by atomic mass is 19.1. The van der Waals surface area contributed by atoms with Crippen LogP contribution >= 0.6 is 0 Å². The molecule has 1 aliphatic rings. The van der Waals surface area contributed by atoms with Gasteiger partial charge in [-0.1, -0.05) is 0 Å². The third-order valence-corrected chi connectivity index (χ3v) is 4.02. The molecule has 1 aromatic heterocycles. The predicted molar refractivity (Wildman–Crippen MR) is 83.1 cm³/mol. The number of hydrogen-bond donors (Lipinski definition) is 1. The number of nitrogens with zero attached hydrogens (tertiary/aromatic N) is 3. The second-order valence-electron chi connectivity index (χ2n) is 5.62. The van der Waals surface area contributed by atoms with Crippen LogP contribution in [0.3, 0.4) is 0 Å². The third-order valence-electron chi connectivity index (χ3n) is 4.02. The van der Waals surface area contributed by atoms with Gasteiger partial charge < -0.3 is 14.8 Å². The van der Waals surface area contributed by atoms with Gasteiger partial charge in [0.25, 0.3) is 0 Å². The minimum atomic E-state index is -0.158. The number of aryl methyl sites for hydroxylation is 1. The summed E-state index contributed by atoms with van der Waals surface area (Å²) in [6.45, 7) is 3.93. The summed E-state index contributed by atoms with van der Waals surface area (Å²) in [5.74, 6) is 0.771. The molecule has 0 saturated carbocycles. The number of nitrogens with one attached hydrogen (secondary N) is 1. The minimum Gasteiger partial charge on any atom is -0.375 e. The Hall–Kier alpha value is -2.04. The van der Waals surface area contributed by atoms with Crippen molar-refractivity contribution in [3.05, 3.63) is 42.2 Å². The zero-order valence-corrected chi connectivity index (χ0v) is 12.5. The Kier molecular flexibility index (Phi) is 3.82. The zero-order valence-electron chi connectivity index (χ0n) is 12.5. The van der Waals surface area contributed by atoms with Crippen LogP contribution in [0.25, 0.3) is 0 Å². The molecule has 0 bridgehead atoms. The van der Waals surface area contributed by atoms with Gasteiger partial charge in [0, 0.05) is 38.2 Å². The summed E-state index contributed by atoms with van der Waals surface area (Å²) in [6, 6.07) is 5.42. The topological polar surface area (TPSA) is 33.1 Å². The van der Waals surface area contributed by atoms with E-state index in [1.807, 2.05) is 36.9 Å². The molecule has 0 radical (unpaired) electrons. The first-order valence-electron chi connectivity index (χ1n) is 7.43. The first kappa shape index (κ1) is 13.9. The van der Waals surface area contributed by atoms with E-state index in [9.17, 15) is 4.39 Å². The van der Waals surface area contributed by atoms with Crippen LogP contribution in [0.15, 0.2) is 30.6 Å². The predicted octanol–water partition coefficient (Wildman–Crippen LogP) is 3.33. The van der Waals surface area contributed by atoms with Gasteiger partial charge in [0.2, 0.25) is 0 Å². The average molecular weight is 288 g/mol. The number of hydrogen-bond acceptors (Lipinski definition) is 3. The normalized spacial score (nSPS) is 16.2. The van der Waals surface area contributed by atoms with Crippen molar-refractivity contribution in [3.8, 4) is 0 Å². The molecule has 1 saturated heterocycles. The Bertz CT molecular complexity index is 616. The summed E-state index contributed by atoms with van der Waals surface area (Å²) in [6.07, 6.45) is 5.97. The Balaban J connectivity index is 1.74. The maximum absolute atomic E-state index is 14.3. The van der Waals surface area contributed by atoms with E-state index in [2.05, 4.69) is 15.2 Å². The molecule has 21 heavy (non-hydrogen) atoms. The molecular formula is C16H21FN4. The fourth-order valence-electron chi connectivity index (χ4n) is 2.92. The van der Waals surface area contributed by atoms with Gasteiger partial charge in [-0.15, -0.1) is 0 Å². The summed E-state index contributed by atoms with van der Waals surface area (Å²) in [4.78, 5) is 6.43. The molecule has 0 amide bonds. The van der Waals surface area contributed by atoms with Gasteiger partial charge in [-0.2, -0.15) is 0 Å². The van der Waals surface area contributed by atoms with E-state index in [-0.39, 0.29) is 11.9 Å². The van der Waals surface area contributed by atoms with E-state index in [0.717, 1.165) is 37.4 Å². The Morgan fingerprint density at radius 3 is 2.67 bits per heavy atom. The number of anilines is 2. The van der Waals surface area contributed by atoms with Crippen molar-refractivity contribution in [1.29, 1.82) is 0 Å². The van der Waals surface area contributed by atoms with Crippen LogP contribution in [0, 0.1) is 5.82 Å². The summed E-state index contributed by atoms with van der Waals surface area (Å²) in [7, 11) is 1.96. The van der Waals surface area contributed by atoms with E-state index in [4.69, 9.17) is 0 Å². The van der Waals surface area contributed by atoms with E-state index >= 15 is 0 Å². The van der Waals surface area contributed by atoms with Crippen LogP contribution < -0.4 is 10.2 Å². The highest BCUT2D eigenvalue weighted by molar-refractivity contribution is 5.57. The van der Waals surface area contributed by atoms with E-state index in [1.54, 1.807) is 12.3 Å². The van der Waals surface area contributed by atoms with Gasteiger partial charge in [0.1, 0.15) is 11.6 Å². The van der Waals surface area contributed by atoms with Crippen LogP contribution in [0.2, 0.25) is 0 Å². The maximum atomic E-state index is 14.3. The van der Waals surface area contributed by atoms with Gasteiger partial charge in [0.15, 0.2) is 0 Å². The van der Waals surface area contributed by atoms with Crippen LogP contribution in [0.5, 0.6) is 0 Å². The van der Waals surface area contributed by atoms with Gasteiger partial charge >= 0.3 is 0 Å². The molecule has 1 aliphatic heterocycles. The summed E-state index contributed by atoms with van der Waals surface area (Å²) >= 11 is 0. The molecule has 5 heteroatoms. The zero-order chi connectivity index (χ0) is 14.8. The third kappa shape index (κ3) is 2.86. The van der Waals surface area contributed by atoms with Crippen molar-refractivity contribution in [2.45, 2.75) is 25.8 Å². The molecule has 4 nitrogen and oxygen atoms in total. The van der Waals surface area contributed by atoms with Crippen molar-refractivity contribution in [1.82, 2.24) is 9.55 Å². The van der Waals surface area contributed by atoms with E-state index < -0.39 is 0 Å². The summed E-state index contributed by atoms with van der Waals surface area (Å²) < 4.78 is 16.2. The van der Waals surface area contributed by atoms with Crippen LogP contribution in [0.1, 0.15) is 31.6 Å². The van der Waals surface area contributed by atoms with Gasteiger partial charge in [-0.05, 0) is 38.0 Å². The quantitative estimate of drug-likeness (QED) is 0.936. The standard InChI is InChI=1S/C16H21FN4/c1-12(16-18-7-10-20(16)2)19-13-5-6-15(14(17)11-13)21-8-3-4-9-21/h5-7,10-12,19H,3-4,8-9H2,1-2H3. The number of imidazole rings is 1. The smallest absolute Gasteiger partial charge is 0.148 e. The first-order valence-corrected chi connectivity index (χ1v) is 7.43. The Morgan fingerprint density at radius 1 is 1.29 bits per heavy atom. The number of halogens is 1. The summed E-state index contributed by atoms with van der Waals surface area (Å²) in [5, 5.41) is 3.30. The fourth-order valence-corrected chi connectivity index (χ4v) is 2.92. The lowest BCUT2D eigenvalue weighted by atomic mass is 10.2. The van der Waals surface area contributed by atoms with Crippen LogP contribution in [-0.4, -0.2) is 22.6 Å². The molecule has 1 atom stereocenters. The number of benzene rings is 1. The number of rotatable bonds is 4. The second-order valence-corrected chi connectivity index (χ2v) is 5.62. The van der Waals surface area contributed by atoms with Gasteiger partial charge in [-0.3, -0.25) is 0 Å². The van der Waals surface area contributed by atoms with Gasteiger partial charge in [0.05, 0.1) is 11.7 Å². The van der Waals surface area contributed by atoms with E-state index in [1.165, 1.54) is 0 Å². The molecule has 1 fully saturated rings. The van der Waals surface area contributed by atoms with Crippen LogP contribution in [-0.2, 0) is 7.05 Å². The lowest BCUT2D eigenvalue weighted by Crippen LogP contribution is -2.19. The lowest BCUT2D eigenvalue weighted by Gasteiger charge is -2.20. The maximum Gasteiger partial charge on any atom is 0.148 e.